The molecule has 0 aromatic carbocycles. The summed E-state index contributed by atoms with van der Waals surface area (Å²) in [5.41, 5.74) is 4.91. The highest BCUT2D eigenvalue weighted by Crippen LogP contribution is 2.08. The first-order valence-corrected chi connectivity index (χ1v) is 6.94. The first-order valence-electron chi connectivity index (χ1n) is 5.33. The molecule has 0 bridgehead atoms. The number of halogens is 2. The van der Waals surface area contributed by atoms with Crippen LogP contribution in [-0.2, 0) is 10.1 Å². The van der Waals surface area contributed by atoms with Gasteiger partial charge in [0.15, 0.2) is 0 Å². The maximum atomic E-state index is 12.7. The van der Waals surface area contributed by atoms with E-state index < -0.39 is 28.7 Å². The zero-order valence-corrected chi connectivity index (χ0v) is 10.6. The largest absolute Gasteiger partial charge is 0.327 e. The molecule has 104 valence electrons. The highest BCUT2D eigenvalue weighted by molar-refractivity contribution is 7.85. The van der Waals surface area contributed by atoms with Crippen LogP contribution in [0.15, 0.2) is 12.7 Å². The van der Waals surface area contributed by atoms with E-state index in [-0.39, 0.29) is 6.42 Å². The van der Waals surface area contributed by atoms with Crippen molar-refractivity contribution in [2.24, 2.45) is 5.73 Å². The van der Waals surface area contributed by atoms with Crippen LogP contribution < -0.4 is 5.73 Å². The Balaban J connectivity index is 0. The van der Waals surface area contributed by atoms with Gasteiger partial charge in [0.2, 0.25) is 0 Å². The summed E-state index contributed by atoms with van der Waals surface area (Å²) in [5, 5.41) is 0. The molecule has 7 heteroatoms. The molecule has 0 aromatic rings. The predicted octanol–water partition coefficient (Wildman–Crippen LogP) is 1.87. The van der Waals surface area contributed by atoms with Gasteiger partial charge in [-0.3, -0.25) is 8.94 Å². The summed E-state index contributed by atoms with van der Waals surface area (Å²) in [5.74, 6) is -0.859. The van der Waals surface area contributed by atoms with Gasteiger partial charge in [-0.2, -0.15) is 8.42 Å². The van der Waals surface area contributed by atoms with Gasteiger partial charge in [0, 0.05) is 6.54 Å². The Kier molecular flexibility index (Phi) is 13.2. The number of nitrogens with two attached hydrogens (primary N) is 1. The van der Waals surface area contributed by atoms with Crippen LogP contribution in [0.25, 0.3) is 0 Å². The Hall–Kier alpha value is -0.530. The number of hydrogen-bond donors (Lipinski definition) is 2. The Bertz CT molecular complexity index is 271. The lowest BCUT2D eigenvalue weighted by Gasteiger charge is -2.04. The van der Waals surface area contributed by atoms with Crippen molar-refractivity contribution in [1.82, 2.24) is 0 Å². The van der Waals surface area contributed by atoms with Crippen LogP contribution in [0, 0.1) is 0 Å². The molecule has 0 saturated heterocycles. The third-order valence-corrected chi connectivity index (χ3v) is 2.49. The highest BCUT2D eigenvalue weighted by atomic mass is 32.2. The number of alkyl halides is 2. The molecule has 0 amide bonds. The van der Waals surface area contributed by atoms with E-state index in [9.17, 15) is 17.2 Å². The molecule has 0 fully saturated rings. The van der Waals surface area contributed by atoms with Crippen molar-refractivity contribution in [3.05, 3.63) is 12.7 Å². The minimum absolute atomic E-state index is 0.0553. The lowest BCUT2D eigenvalue weighted by molar-refractivity contribution is 0.321. The molecule has 0 spiro atoms. The van der Waals surface area contributed by atoms with E-state index in [2.05, 4.69) is 6.58 Å². The number of unbranched alkanes of at least 4 members (excludes halogenated alkanes) is 2. The molecule has 17 heavy (non-hydrogen) atoms. The second-order valence-electron chi connectivity index (χ2n) is 3.41. The molecule has 0 heterocycles. The molecule has 3 N–H and O–H groups in total. The van der Waals surface area contributed by atoms with Gasteiger partial charge in [0.05, 0.1) is 6.67 Å². The smallest absolute Gasteiger partial charge is 0.267 e. The van der Waals surface area contributed by atoms with E-state index in [1.165, 1.54) is 0 Å². The van der Waals surface area contributed by atoms with Crippen molar-refractivity contribution in [2.45, 2.75) is 31.9 Å². The van der Waals surface area contributed by atoms with E-state index in [0.29, 0.717) is 25.8 Å². The van der Waals surface area contributed by atoms with Crippen LogP contribution in [0.1, 0.15) is 25.7 Å². The molecular weight excluding hydrogens is 252 g/mol. The SMILES string of the molecule is C=CCN.O=S(=O)(O)CC(F)CCCCCF. The van der Waals surface area contributed by atoms with Crippen molar-refractivity contribution >= 4 is 10.1 Å². The van der Waals surface area contributed by atoms with Gasteiger partial charge >= 0.3 is 0 Å². The van der Waals surface area contributed by atoms with E-state index in [4.69, 9.17) is 10.3 Å². The summed E-state index contributed by atoms with van der Waals surface area (Å²) in [6.45, 7) is 3.50. The van der Waals surface area contributed by atoms with E-state index in [1.807, 2.05) is 0 Å². The van der Waals surface area contributed by atoms with Crippen LogP contribution in [0.5, 0.6) is 0 Å². The fourth-order valence-corrected chi connectivity index (χ4v) is 1.57. The maximum Gasteiger partial charge on any atom is 0.267 e. The summed E-state index contributed by atoms with van der Waals surface area (Å²) in [7, 11) is -4.22. The normalized spacial score (nSPS) is 12.5. The highest BCUT2D eigenvalue weighted by Gasteiger charge is 2.14. The first-order chi connectivity index (χ1) is 7.87. The van der Waals surface area contributed by atoms with Gasteiger partial charge in [0.25, 0.3) is 10.1 Å². The van der Waals surface area contributed by atoms with Gasteiger partial charge in [-0.15, -0.1) is 6.58 Å². The summed E-state index contributed by atoms with van der Waals surface area (Å²) < 4.78 is 52.9. The third kappa shape index (κ3) is 21.3. The second kappa shape index (κ2) is 11.9. The average Bonchev–Trinajstić information content (AvgIpc) is 2.22. The van der Waals surface area contributed by atoms with Crippen molar-refractivity contribution in [3.63, 3.8) is 0 Å². The molecule has 1 unspecified atom stereocenters. The van der Waals surface area contributed by atoms with Gasteiger partial charge < -0.3 is 5.73 Å². The van der Waals surface area contributed by atoms with Crippen LogP contribution in [0.2, 0.25) is 0 Å². The second-order valence-corrected chi connectivity index (χ2v) is 4.91. The Morgan fingerprint density at radius 3 is 2.24 bits per heavy atom. The Morgan fingerprint density at radius 2 is 1.88 bits per heavy atom. The molecule has 1 atom stereocenters. The summed E-state index contributed by atoms with van der Waals surface area (Å²) in [6, 6.07) is 0. The van der Waals surface area contributed by atoms with E-state index >= 15 is 0 Å². The minimum Gasteiger partial charge on any atom is -0.327 e. The molecule has 0 aliphatic carbocycles. The average molecular weight is 273 g/mol. The quantitative estimate of drug-likeness (QED) is 0.402. The lowest BCUT2D eigenvalue weighted by Crippen LogP contribution is -2.16. The Labute approximate surface area is 102 Å². The van der Waals surface area contributed by atoms with Gasteiger partial charge in [0.1, 0.15) is 11.9 Å². The van der Waals surface area contributed by atoms with Crippen molar-refractivity contribution < 1.29 is 21.8 Å². The standard InChI is InChI=1S/C7H14F2O3S.C3H7N/c8-5-3-1-2-4-7(9)6-13(10,11)12;1-2-3-4/h7H,1-6H2,(H,10,11,12);2H,1,3-4H2. The molecule has 4 nitrogen and oxygen atoms in total. The van der Waals surface area contributed by atoms with Crippen LogP contribution in [0.3, 0.4) is 0 Å². The van der Waals surface area contributed by atoms with E-state index in [1.54, 1.807) is 6.08 Å². The Morgan fingerprint density at radius 1 is 1.35 bits per heavy atom. The molecule has 0 rings (SSSR count). The predicted molar refractivity (Wildman–Crippen MR) is 65.0 cm³/mol. The molecule has 0 aliphatic heterocycles. The number of hydrogen-bond acceptors (Lipinski definition) is 3. The van der Waals surface area contributed by atoms with Crippen LogP contribution >= 0.6 is 0 Å². The van der Waals surface area contributed by atoms with Gasteiger partial charge in [-0.25, -0.2) is 4.39 Å². The topological polar surface area (TPSA) is 80.4 Å². The maximum absolute atomic E-state index is 12.7. The van der Waals surface area contributed by atoms with Gasteiger partial charge in [-0.1, -0.05) is 18.9 Å². The van der Waals surface area contributed by atoms with Crippen LogP contribution in [-0.4, -0.2) is 38.1 Å². The monoisotopic (exact) mass is 273 g/mol. The molecule has 0 aliphatic rings. The van der Waals surface area contributed by atoms with Crippen molar-refractivity contribution in [1.29, 1.82) is 0 Å². The van der Waals surface area contributed by atoms with E-state index in [0.717, 1.165) is 0 Å². The third-order valence-electron chi connectivity index (χ3n) is 1.71. The summed E-state index contributed by atoms with van der Waals surface area (Å²) in [4.78, 5) is 0. The minimum atomic E-state index is -4.22. The molecule has 0 saturated carbocycles. The van der Waals surface area contributed by atoms with Crippen molar-refractivity contribution in [2.75, 3.05) is 19.0 Å². The molecular formula is C10H21F2NO3S. The van der Waals surface area contributed by atoms with Crippen molar-refractivity contribution in [3.8, 4) is 0 Å². The fraction of sp³-hybridized carbons (Fsp3) is 0.800. The van der Waals surface area contributed by atoms with Gasteiger partial charge in [-0.05, 0) is 12.8 Å². The van der Waals surface area contributed by atoms with Crippen LogP contribution in [0.4, 0.5) is 8.78 Å². The zero-order chi connectivity index (χ0) is 13.7. The zero-order valence-electron chi connectivity index (χ0n) is 9.82. The summed E-state index contributed by atoms with van der Waals surface area (Å²) >= 11 is 0. The molecule has 0 aromatic heterocycles. The summed E-state index contributed by atoms with van der Waals surface area (Å²) in [6.07, 6.45) is 1.52. The fourth-order valence-electron chi connectivity index (χ4n) is 0.949. The number of rotatable bonds is 8. The lowest BCUT2D eigenvalue weighted by atomic mass is 10.1. The first kappa shape index (κ1) is 18.8. The molecule has 0 radical (unpaired) electrons.